The van der Waals surface area contributed by atoms with Gasteiger partial charge in [-0.05, 0) is 49.8 Å². The second kappa shape index (κ2) is 15.2. The summed E-state index contributed by atoms with van der Waals surface area (Å²) in [5, 5.41) is 17.9. The molecule has 1 fully saturated rings. The van der Waals surface area contributed by atoms with Gasteiger partial charge in [-0.1, -0.05) is 36.4 Å². The summed E-state index contributed by atoms with van der Waals surface area (Å²) < 4.78 is 35.7. The summed E-state index contributed by atoms with van der Waals surface area (Å²) in [6, 6.07) is 12.6. The Kier molecular flexibility index (Phi) is 10.5. The van der Waals surface area contributed by atoms with E-state index in [1.165, 1.54) is 0 Å². The van der Waals surface area contributed by atoms with E-state index in [1.54, 1.807) is 14.2 Å². The number of carbonyl (C=O) groups excluding carboxylic acids is 2. The second-order valence-electron chi connectivity index (χ2n) is 13.6. The number of ether oxygens (including phenoxy) is 6. The number of nitrogens with zero attached hydrogens (tertiary/aromatic N) is 2. The van der Waals surface area contributed by atoms with Crippen LogP contribution in [0.3, 0.4) is 0 Å². The maximum atomic E-state index is 13.5. The van der Waals surface area contributed by atoms with E-state index in [9.17, 15) is 14.9 Å². The first kappa shape index (κ1) is 35.8. The maximum absolute atomic E-state index is 13.5. The van der Waals surface area contributed by atoms with E-state index < -0.39 is 18.1 Å². The van der Waals surface area contributed by atoms with Gasteiger partial charge in [-0.2, -0.15) is 5.26 Å². The van der Waals surface area contributed by atoms with Crippen molar-refractivity contribution in [3.8, 4) is 34.8 Å². The van der Waals surface area contributed by atoms with Crippen molar-refractivity contribution in [1.82, 2.24) is 15.5 Å². The number of halogens is 1. The minimum atomic E-state index is -0.582. The van der Waals surface area contributed by atoms with Crippen molar-refractivity contribution in [2.24, 2.45) is 0 Å². The average Bonchev–Trinajstić information content (AvgIpc) is 3.64. The molecule has 0 aromatic heterocycles. The van der Waals surface area contributed by atoms with E-state index in [-0.39, 0.29) is 56.5 Å². The first-order chi connectivity index (χ1) is 25.3. The molecule has 1 saturated heterocycles. The van der Waals surface area contributed by atoms with Crippen LogP contribution < -0.4 is 34.3 Å². The molecule has 12 nitrogen and oxygen atoms in total. The number of aryl methyl sites for hydroxylation is 2. The average molecular weight is 731 g/mol. The molecule has 4 aliphatic rings. The molecule has 4 heterocycles. The first-order valence-electron chi connectivity index (χ1n) is 17.6. The predicted octanol–water partition coefficient (Wildman–Crippen LogP) is 4.74. The number of fused-ring (bicyclic) bond motifs is 9. The Bertz CT molecular complexity index is 1900. The van der Waals surface area contributed by atoms with Gasteiger partial charge in [-0.25, -0.2) is 0 Å². The Morgan fingerprint density at radius 3 is 2.58 bits per heavy atom. The van der Waals surface area contributed by atoms with Gasteiger partial charge >= 0.3 is 5.97 Å². The summed E-state index contributed by atoms with van der Waals surface area (Å²) in [4.78, 5) is 28.7. The molecule has 2 N–H and O–H groups in total. The van der Waals surface area contributed by atoms with E-state index in [0.717, 1.165) is 33.4 Å². The highest BCUT2D eigenvalue weighted by Crippen LogP contribution is 2.57. The van der Waals surface area contributed by atoms with Crippen molar-refractivity contribution in [2.45, 2.75) is 76.2 Å². The van der Waals surface area contributed by atoms with Crippen LogP contribution in [0.4, 0.5) is 0 Å². The van der Waals surface area contributed by atoms with Crippen molar-refractivity contribution in [2.75, 3.05) is 40.2 Å². The molecule has 3 aromatic rings. The van der Waals surface area contributed by atoms with Gasteiger partial charge in [0.25, 0.3) is 0 Å². The smallest absolute Gasteiger partial charge is 0.312 e. The summed E-state index contributed by atoms with van der Waals surface area (Å²) in [6.45, 7) is 4.01. The lowest BCUT2D eigenvalue weighted by Gasteiger charge is -2.56. The van der Waals surface area contributed by atoms with Crippen molar-refractivity contribution in [3.05, 3.63) is 75.3 Å². The molecule has 0 spiro atoms. The Hall–Kier alpha value is -4.54. The second-order valence-corrected chi connectivity index (χ2v) is 13.9. The number of alkyl halides is 1. The number of piperazine rings is 1. The lowest BCUT2D eigenvalue weighted by molar-refractivity contribution is -0.134. The lowest BCUT2D eigenvalue weighted by atomic mass is 9.72. The fourth-order valence-corrected chi connectivity index (χ4v) is 8.59. The number of nitrogens with one attached hydrogen (secondary N) is 2. The van der Waals surface area contributed by atoms with Gasteiger partial charge in [-0.3, -0.25) is 14.5 Å². The highest BCUT2D eigenvalue weighted by Gasteiger charge is 2.54. The van der Waals surface area contributed by atoms with Gasteiger partial charge in [0.15, 0.2) is 29.8 Å². The third kappa shape index (κ3) is 6.40. The van der Waals surface area contributed by atoms with Crippen LogP contribution in [0.5, 0.6) is 28.7 Å². The molecule has 52 heavy (non-hydrogen) atoms. The summed E-state index contributed by atoms with van der Waals surface area (Å²) >= 11 is 5.95. The topological polar surface area (TPSA) is 141 Å². The highest BCUT2D eigenvalue weighted by molar-refractivity contribution is 6.18. The lowest BCUT2D eigenvalue weighted by Crippen LogP contribution is -2.68. The summed E-state index contributed by atoms with van der Waals surface area (Å²) in [5.41, 5.74) is 6.11. The van der Waals surface area contributed by atoms with Gasteiger partial charge in [0.2, 0.25) is 12.7 Å². The Labute approximate surface area is 308 Å². The molecule has 0 radical (unpaired) electrons. The number of amides is 1. The molecule has 3 aromatic carbocycles. The number of rotatable bonds is 12. The number of nitriles is 1. The van der Waals surface area contributed by atoms with E-state index in [4.69, 9.17) is 40.0 Å². The van der Waals surface area contributed by atoms with Crippen LogP contribution in [0, 0.1) is 25.2 Å². The molecule has 1 unspecified atom stereocenters. The number of carbonyl (C=O) groups is 2. The van der Waals surface area contributed by atoms with E-state index in [0.29, 0.717) is 60.0 Å². The molecular weight excluding hydrogens is 688 g/mol. The summed E-state index contributed by atoms with van der Waals surface area (Å²) in [6.07, 6.45) is 1.86. The molecule has 4 aliphatic heterocycles. The normalized spacial score (nSPS) is 22.3. The van der Waals surface area contributed by atoms with Crippen LogP contribution in [0.25, 0.3) is 0 Å². The third-order valence-corrected chi connectivity index (χ3v) is 10.7. The monoisotopic (exact) mass is 730 g/mol. The van der Waals surface area contributed by atoms with E-state index >= 15 is 0 Å². The highest BCUT2D eigenvalue weighted by atomic mass is 35.5. The molecule has 7 rings (SSSR count). The van der Waals surface area contributed by atoms with Crippen LogP contribution in [-0.4, -0.2) is 75.1 Å². The van der Waals surface area contributed by atoms with E-state index in [1.807, 2.05) is 44.2 Å². The number of hydrogen-bond donors (Lipinski definition) is 2. The maximum Gasteiger partial charge on any atom is 0.312 e. The van der Waals surface area contributed by atoms with Crippen molar-refractivity contribution >= 4 is 23.5 Å². The zero-order valence-corrected chi connectivity index (χ0v) is 30.5. The largest absolute Gasteiger partial charge is 0.493 e. The zero-order valence-electron chi connectivity index (χ0n) is 29.8. The number of benzene rings is 3. The fraction of sp³-hybridized carbons (Fsp3) is 0.462. The predicted molar refractivity (Wildman–Crippen MR) is 191 cm³/mol. The Balaban J connectivity index is 1.36. The van der Waals surface area contributed by atoms with Gasteiger partial charge in [-0.15, -0.1) is 11.6 Å². The number of esters is 1. The molecule has 0 aliphatic carbocycles. The quantitative estimate of drug-likeness (QED) is 0.116. The van der Waals surface area contributed by atoms with Gasteiger partial charge in [0.05, 0.1) is 31.7 Å². The SMILES string of the molecule is COCOc1c(OC)c(C)cc2c1[C@H]1N[C@H](C2)[C@H](C#N)N2C1Cc1c(OC(=O)CCCl)c(C)c3c(c1[C@@H]2CNC(=O)CCc1ccccc1)OCO3. The molecule has 0 saturated carbocycles. The van der Waals surface area contributed by atoms with Crippen LogP contribution in [-0.2, 0) is 33.6 Å². The van der Waals surface area contributed by atoms with E-state index in [2.05, 4.69) is 27.7 Å². The van der Waals surface area contributed by atoms with Crippen LogP contribution in [0.2, 0.25) is 0 Å². The summed E-state index contributed by atoms with van der Waals surface area (Å²) in [5.74, 6) is 2.12. The minimum Gasteiger partial charge on any atom is -0.493 e. The molecule has 5 atom stereocenters. The van der Waals surface area contributed by atoms with Gasteiger partial charge in [0, 0.05) is 60.3 Å². The summed E-state index contributed by atoms with van der Waals surface area (Å²) in [7, 11) is 3.19. The molecule has 2 bridgehead atoms. The van der Waals surface area contributed by atoms with Crippen LogP contribution in [0.1, 0.15) is 63.9 Å². The van der Waals surface area contributed by atoms with Crippen molar-refractivity contribution < 1.29 is 38.0 Å². The fourth-order valence-electron chi connectivity index (χ4n) is 8.43. The third-order valence-electron chi connectivity index (χ3n) is 10.6. The first-order valence-corrected chi connectivity index (χ1v) is 18.1. The Morgan fingerprint density at radius 1 is 1.06 bits per heavy atom. The number of hydrogen-bond acceptors (Lipinski definition) is 11. The van der Waals surface area contributed by atoms with Gasteiger partial charge in [0.1, 0.15) is 11.8 Å². The van der Waals surface area contributed by atoms with Crippen LogP contribution in [0.15, 0.2) is 36.4 Å². The Morgan fingerprint density at radius 2 is 1.85 bits per heavy atom. The molecule has 1 amide bonds. The van der Waals surface area contributed by atoms with Crippen molar-refractivity contribution in [3.63, 3.8) is 0 Å². The van der Waals surface area contributed by atoms with Crippen LogP contribution >= 0.6 is 11.6 Å². The van der Waals surface area contributed by atoms with Crippen molar-refractivity contribution in [1.29, 1.82) is 5.26 Å². The number of methoxy groups -OCH3 is 2. The zero-order chi connectivity index (χ0) is 36.5. The molecule has 13 heteroatoms. The molecular formula is C39H43ClN4O8. The minimum absolute atomic E-state index is 0.0114. The standard InChI is InChI=1S/C39H43ClN4O8/c1-21-14-24-15-26-28(17-41)44-27(34(43-26)32(24)38(35(21)48-4)49-19-47-3)16-25-33(29(44)18-42-30(45)11-10-23-8-6-5-7-9-23)39-37(50-20-51-39)22(2)36(25)52-31(46)12-13-40/h5-9,14,26-29,34,43H,10-13,15-16,18-20H2,1-4H3,(H,42,45)/t26-,27?,28+,29+,34+/m1/s1. The molecule has 274 valence electrons. The van der Waals surface area contributed by atoms with Gasteiger partial charge < -0.3 is 39.1 Å².